The average Bonchev–Trinajstić information content (AvgIpc) is 2.14. The predicted molar refractivity (Wildman–Crippen MR) is 61.5 cm³/mol. The van der Waals surface area contributed by atoms with Crippen LogP contribution < -0.4 is 5.32 Å². The Labute approximate surface area is 94.3 Å². The SMILES string of the molecule is CNc1nc(C)c([N+](=O)[O-])c(CC(C)C)n1. The first-order valence-corrected chi connectivity index (χ1v) is 5.15. The van der Waals surface area contributed by atoms with Crippen LogP contribution in [0.5, 0.6) is 0 Å². The molecule has 0 aliphatic carbocycles. The number of nitrogens with zero attached hydrogens (tertiary/aromatic N) is 3. The molecular weight excluding hydrogens is 208 g/mol. The van der Waals surface area contributed by atoms with Crippen LogP contribution in [0.15, 0.2) is 0 Å². The third-order valence-electron chi connectivity index (χ3n) is 2.14. The standard InChI is InChI=1S/C10H16N4O2/c1-6(2)5-8-9(14(15)16)7(3)12-10(11-4)13-8/h6H,5H2,1-4H3,(H,11,12,13). The molecule has 1 aromatic rings. The van der Waals surface area contributed by atoms with Crippen molar-refractivity contribution in [1.82, 2.24) is 9.97 Å². The molecule has 0 aliphatic rings. The molecule has 0 aliphatic heterocycles. The number of hydrogen-bond acceptors (Lipinski definition) is 5. The van der Waals surface area contributed by atoms with E-state index in [9.17, 15) is 10.1 Å². The van der Waals surface area contributed by atoms with Gasteiger partial charge in [0.1, 0.15) is 11.4 Å². The van der Waals surface area contributed by atoms with Gasteiger partial charge in [0.15, 0.2) is 0 Å². The third kappa shape index (κ3) is 2.65. The Balaban J connectivity index is 3.28. The molecule has 0 amide bonds. The molecule has 6 nitrogen and oxygen atoms in total. The molecule has 0 atom stereocenters. The second-order valence-electron chi connectivity index (χ2n) is 4.03. The Morgan fingerprint density at radius 1 is 1.44 bits per heavy atom. The number of nitro groups is 1. The van der Waals surface area contributed by atoms with Gasteiger partial charge in [-0.15, -0.1) is 0 Å². The van der Waals surface area contributed by atoms with Crippen LogP contribution in [-0.4, -0.2) is 21.9 Å². The van der Waals surface area contributed by atoms with E-state index in [-0.39, 0.29) is 5.69 Å². The van der Waals surface area contributed by atoms with Crippen LogP contribution >= 0.6 is 0 Å². The van der Waals surface area contributed by atoms with E-state index in [1.54, 1.807) is 14.0 Å². The van der Waals surface area contributed by atoms with Crippen LogP contribution in [0.1, 0.15) is 25.2 Å². The largest absolute Gasteiger partial charge is 0.357 e. The molecule has 0 aromatic carbocycles. The second kappa shape index (κ2) is 4.87. The summed E-state index contributed by atoms with van der Waals surface area (Å²) in [6, 6.07) is 0. The molecule has 0 fully saturated rings. The van der Waals surface area contributed by atoms with Crippen LogP contribution in [0, 0.1) is 23.0 Å². The maximum absolute atomic E-state index is 10.9. The maximum atomic E-state index is 10.9. The highest BCUT2D eigenvalue weighted by Gasteiger charge is 2.21. The zero-order valence-electron chi connectivity index (χ0n) is 9.94. The number of aryl methyl sites for hydroxylation is 1. The molecule has 1 aromatic heterocycles. The fraction of sp³-hybridized carbons (Fsp3) is 0.600. The highest BCUT2D eigenvalue weighted by Crippen LogP contribution is 2.23. The average molecular weight is 224 g/mol. The predicted octanol–water partition coefficient (Wildman–Crippen LogP) is 1.93. The van der Waals surface area contributed by atoms with Crippen molar-refractivity contribution >= 4 is 11.6 Å². The van der Waals surface area contributed by atoms with Gasteiger partial charge in [-0.05, 0) is 19.3 Å². The number of hydrogen-bond donors (Lipinski definition) is 1. The van der Waals surface area contributed by atoms with Crippen LogP contribution in [0.25, 0.3) is 0 Å². The second-order valence-corrected chi connectivity index (χ2v) is 4.03. The summed E-state index contributed by atoms with van der Waals surface area (Å²) in [4.78, 5) is 18.7. The number of rotatable bonds is 4. The molecule has 0 spiro atoms. The van der Waals surface area contributed by atoms with Crippen LogP contribution in [-0.2, 0) is 6.42 Å². The zero-order chi connectivity index (χ0) is 12.3. The van der Waals surface area contributed by atoms with Crippen molar-refractivity contribution in [2.45, 2.75) is 27.2 Å². The summed E-state index contributed by atoms with van der Waals surface area (Å²) < 4.78 is 0. The molecule has 1 heterocycles. The van der Waals surface area contributed by atoms with E-state index in [4.69, 9.17) is 0 Å². The van der Waals surface area contributed by atoms with Gasteiger partial charge in [-0.3, -0.25) is 10.1 Å². The monoisotopic (exact) mass is 224 g/mol. The lowest BCUT2D eigenvalue weighted by molar-refractivity contribution is -0.386. The molecule has 0 radical (unpaired) electrons. The summed E-state index contributed by atoms with van der Waals surface area (Å²) in [7, 11) is 1.69. The minimum atomic E-state index is -0.410. The number of anilines is 1. The first-order chi connectivity index (χ1) is 7.45. The minimum Gasteiger partial charge on any atom is -0.357 e. The van der Waals surface area contributed by atoms with E-state index in [0.717, 1.165) is 0 Å². The minimum absolute atomic E-state index is 0.0349. The van der Waals surface area contributed by atoms with Crippen molar-refractivity contribution in [3.8, 4) is 0 Å². The smallest absolute Gasteiger partial charge is 0.311 e. The van der Waals surface area contributed by atoms with Gasteiger partial charge in [0.05, 0.1) is 4.92 Å². The van der Waals surface area contributed by atoms with Gasteiger partial charge >= 0.3 is 5.69 Å². The summed E-state index contributed by atoms with van der Waals surface area (Å²) in [6.07, 6.45) is 0.578. The van der Waals surface area contributed by atoms with Crippen LogP contribution in [0.4, 0.5) is 11.6 Å². The van der Waals surface area contributed by atoms with Gasteiger partial charge in [0, 0.05) is 7.05 Å². The van der Waals surface area contributed by atoms with Crippen molar-refractivity contribution in [3.05, 3.63) is 21.5 Å². The molecule has 16 heavy (non-hydrogen) atoms. The molecular formula is C10H16N4O2. The Bertz CT molecular complexity index is 404. The summed E-state index contributed by atoms with van der Waals surface area (Å²) in [5, 5.41) is 13.7. The zero-order valence-corrected chi connectivity index (χ0v) is 9.94. The third-order valence-corrected chi connectivity index (χ3v) is 2.14. The van der Waals surface area contributed by atoms with Crippen molar-refractivity contribution in [2.75, 3.05) is 12.4 Å². The van der Waals surface area contributed by atoms with Gasteiger partial charge < -0.3 is 5.32 Å². The van der Waals surface area contributed by atoms with Gasteiger partial charge in [-0.1, -0.05) is 13.8 Å². The van der Waals surface area contributed by atoms with Gasteiger partial charge in [0.25, 0.3) is 0 Å². The van der Waals surface area contributed by atoms with E-state index >= 15 is 0 Å². The van der Waals surface area contributed by atoms with Crippen molar-refractivity contribution in [2.24, 2.45) is 5.92 Å². The molecule has 0 saturated carbocycles. The number of aromatic nitrogens is 2. The lowest BCUT2D eigenvalue weighted by atomic mass is 10.1. The van der Waals surface area contributed by atoms with E-state index in [1.807, 2.05) is 13.8 Å². The van der Waals surface area contributed by atoms with E-state index < -0.39 is 4.92 Å². The molecule has 88 valence electrons. The van der Waals surface area contributed by atoms with Crippen LogP contribution in [0.3, 0.4) is 0 Å². The van der Waals surface area contributed by atoms with Gasteiger partial charge in [0.2, 0.25) is 5.95 Å². The first kappa shape index (κ1) is 12.4. The molecule has 0 unspecified atom stereocenters. The number of nitrogens with one attached hydrogen (secondary N) is 1. The summed E-state index contributed by atoms with van der Waals surface area (Å²) >= 11 is 0. The van der Waals surface area contributed by atoms with E-state index in [0.29, 0.717) is 29.7 Å². The van der Waals surface area contributed by atoms with Crippen LogP contribution in [0.2, 0.25) is 0 Å². The van der Waals surface area contributed by atoms with Gasteiger partial charge in [-0.25, -0.2) is 9.97 Å². The first-order valence-electron chi connectivity index (χ1n) is 5.15. The van der Waals surface area contributed by atoms with Gasteiger partial charge in [-0.2, -0.15) is 0 Å². The van der Waals surface area contributed by atoms with E-state index in [1.165, 1.54) is 0 Å². The quantitative estimate of drug-likeness (QED) is 0.624. The Morgan fingerprint density at radius 3 is 2.50 bits per heavy atom. The van der Waals surface area contributed by atoms with Crippen molar-refractivity contribution in [1.29, 1.82) is 0 Å². The van der Waals surface area contributed by atoms with Crippen molar-refractivity contribution in [3.63, 3.8) is 0 Å². The highest BCUT2D eigenvalue weighted by atomic mass is 16.6. The molecule has 1 rings (SSSR count). The summed E-state index contributed by atoms with van der Waals surface area (Å²) in [6.45, 7) is 5.63. The molecule has 0 bridgehead atoms. The van der Waals surface area contributed by atoms with Crippen molar-refractivity contribution < 1.29 is 4.92 Å². The normalized spacial score (nSPS) is 10.6. The fourth-order valence-corrected chi connectivity index (χ4v) is 1.50. The maximum Gasteiger partial charge on any atom is 0.311 e. The van der Waals surface area contributed by atoms with E-state index in [2.05, 4.69) is 15.3 Å². The highest BCUT2D eigenvalue weighted by molar-refractivity contribution is 5.44. The Kier molecular flexibility index (Phi) is 3.76. The topological polar surface area (TPSA) is 81.0 Å². The lowest BCUT2D eigenvalue weighted by Crippen LogP contribution is -2.09. The summed E-state index contributed by atoms with van der Waals surface area (Å²) in [5.41, 5.74) is 0.935. The summed E-state index contributed by atoms with van der Waals surface area (Å²) in [5.74, 6) is 0.747. The fourth-order valence-electron chi connectivity index (χ4n) is 1.50. The molecule has 6 heteroatoms. The molecule has 0 saturated heterocycles. The lowest BCUT2D eigenvalue weighted by Gasteiger charge is -2.08. The Morgan fingerprint density at radius 2 is 2.06 bits per heavy atom. The molecule has 1 N–H and O–H groups in total. The Hall–Kier alpha value is -1.72.